The Hall–Kier alpha value is -2.78. The molecule has 186 valence electrons. The lowest BCUT2D eigenvalue weighted by Crippen LogP contribution is -2.34. The summed E-state index contributed by atoms with van der Waals surface area (Å²) < 4.78 is 8.67. The maximum Gasteiger partial charge on any atom is 0.319 e. The highest BCUT2D eigenvalue weighted by molar-refractivity contribution is 6.32. The third-order valence-electron chi connectivity index (χ3n) is 7.04. The van der Waals surface area contributed by atoms with Crippen LogP contribution in [0.5, 0.6) is 0 Å². The minimum absolute atomic E-state index is 0.0191. The third-order valence-corrected chi connectivity index (χ3v) is 7.04. The second-order valence-corrected chi connectivity index (χ2v) is 9.87. The molecule has 35 heavy (non-hydrogen) atoms. The van der Waals surface area contributed by atoms with Crippen LogP contribution in [0, 0.1) is 17.2 Å². The molecule has 2 aliphatic heterocycles. The first kappa shape index (κ1) is 25.3. The molecule has 8 nitrogen and oxygen atoms in total. The summed E-state index contributed by atoms with van der Waals surface area (Å²) in [5.74, 6) is 1.69. The Kier molecular flexibility index (Phi) is 8.18. The van der Waals surface area contributed by atoms with Gasteiger partial charge < -0.3 is 35.6 Å². The molecule has 2 aromatic rings. The number of hydrogen-bond acceptors (Lipinski definition) is 5. The molecule has 1 aromatic heterocycles. The zero-order valence-electron chi connectivity index (χ0n) is 21.0. The summed E-state index contributed by atoms with van der Waals surface area (Å²) in [4.78, 5) is 14.3. The lowest BCUT2D eigenvalue weighted by Gasteiger charge is -2.28. The zero-order valence-corrected chi connectivity index (χ0v) is 21.0. The lowest BCUT2D eigenvalue weighted by molar-refractivity contribution is -0.0193. The number of benzene rings is 1. The number of amides is 2. The van der Waals surface area contributed by atoms with Crippen molar-refractivity contribution in [1.29, 1.82) is 5.41 Å². The van der Waals surface area contributed by atoms with E-state index in [1.54, 1.807) is 24.3 Å². The summed E-state index contributed by atoms with van der Waals surface area (Å²) >= 11 is 0. The Morgan fingerprint density at radius 3 is 2.83 bits per heavy atom. The van der Waals surface area contributed by atoms with Crippen molar-refractivity contribution in [3.8, 4) is 0 Å². The van der Waals surface area contributed by atoms with Gasteiger partial charge in [-0.15, -0.1) is 0 Å². The molecule has 0 saturated carbocycles. The van der Waals surface area contributed by atoms with Crippen LogP contribution < -0.4 is 21.4 Å². The van der Waals surface area contributed by atoms with E-state index in [4.69, 9.17) is 18.0 Å². The smallest absolute Gasteiger partial charge is 0.319 e. The van der Waals surface area contributed by atoms with E-state index in [2.05, 4.69) is 58.6 Å². The fourth-order valence-corrected chi connectivity index (χ4v) is 5.06. The number of aromatic nitrogens is 1. The fraction of sp³-hybridized carbons (Fsp3) is 0.538. The van der Waals surface area contributed by atoms with E-state index in [0.717, 1.165) is 61.7 Å². The highest BCUT2D eigenvalue weighted by Gasteiger charge is 2.36. The highest BCUT2D eigenvalue weighted by Crippen LogP contribution is 2.39. The Bertz CT molecular complexity index is 1020. The molecule has 1 aromatic carbocycles. The normalized spacial score (nSPS) is 23.7. The van der Waals surface area contributed by atoms with E-state index >= 15 is 0 Å². The first-order valence-electron chi connectivity index (χ1n) is 12.6. The number of carbonyl (C=O) groups is 1. The number of hydrogen-bond donors (Lipinski definition) is 4. The number of urea groups is 1. The molecular weight excluding hydrogens is 439 g/mol. The van der Waals surface area contributed by atoms with Crippen LogP contribution in [0.2, 0.25) is 0 Å². The van der Waals surface area contributed by atoms with Gasteiger partial charge in [-0.3, -0.25) is 0 Å². The highest BCUT2D eigenvalue weighted by atomic mass is 16.5. The van der Waals surface area contributed by atoms with Gasteiger partial charge in [0.25, 0.3) is 0 Å². The topological polar surface area (TPSA) is 94.4 Å². The number of carbonyl (C=O) groups excluding carboxylic acids is 1. The molecule has 0 aliphatic carbocycles. The van der Waals surface area contributed by atoms with Crippen molar-refractivity contribution >= 4 is 36.6 Å². The number of likely N-dealkylation sites (N-methyl/N-ethyl adjacent to an activating group) is 1. The van der Waals surface area contributed by atoms with Crippen LogP contribution in [0.15, 0.2) is 36.5 Å². The zero-order chi connectivity index (χ0) is 24.9. The van der Waals surface area contributed by atoms with Gasteiger partial charge in [-0.1, -0.05) is 31.4 Å². The van der Waals surface area contributed by atoms with Gasteiger partial charge in [0.2, 0.25) is 0 Å². The Balaban J connectivity index is 1.20. The van der Waals surface area contributed by atoms with Crippen LogP contribution in [0.1, 0.15) is 44.9 Å². The summed E-state index contributed by atoms with van der Waals surface area (Å²) in [6, 6.07) is 8.92. The number of anilines is 2. The van der Waals surface area contributed by atoms with Crippen molar-refractivity contribution in [1.82, 2.24) is 14.8 Å². The number of rotatable bonds is 9. The van der Waals surface area contributed by atoms with Gasteiger partial charge in [-0.2, -0.15) is 0 Å². The van der Waals surface area contributed by atoms with Gasteiger partial charge in [0.15, 0.2) is 0 Å². The molecule has 0 spiro atoms. The van der Waals surface area contributed by atoms with Crippen LogP contribution in [0.4, 0.5) is 16.3 Å². The maximum atomic E-state index is 12.1. The van der Waals surface area contributed by atoms with Crippen LogP contribution in [-0.4, -0.2) is 68.4 Å². The van der Waals surface area contributed by atoms with Gasteiger partial charge in [0.05, 0.1) is 6.10 Å². The second-order valence-electron chi connectivity index (χ2n) is 9.87. The van der Waals surface area contributed by atoms with Gasteiger partial charge in [0, 0.05) is 54.6 Å². The van der Waals surface area contributed by atoms with E-state index in [1.807, 2.05) is 0 Å². The van der Waals surface area contributed by atoms with Gasteiger partial charge in [0.1, 0.15) is 19.9 Å². The third kappa shape index (κ3) is 6.08. The summed E-state index contributed by atoms with van der Waals surface area (Å²) in [5.41, 5.74) is 3.13. The SMILES string of the molecule is [B]c1ccc(NC(=O)NCCCN(C)CC2CC(C)C(n3ccc4c3NCC(CC)C4=N)O2)cc1. The molecule has 4 N–H and O–H groups in total. The second kappa shape index (κ2) is 11.3. The van der Waals surface area contributed by atoms with Crippen molar-refractivity contribution < 1.29 is 9.53 Å². The van der Waals surface area contributed by atoms with Crippen molar-refractivity contribution in [2.24, 2.45) is 11.8 Å². The van der Waals surface area contributed by atoms with E-state index in [-0.39, 0.29) is 24.3 Å². The van der Waals surface area contributed by atoms with Gasteiger partial charge in [-0.05, 0) is 51.1 Å². The van der Waals surface area contributed by atoms with Crippen LogP contribution in [0.3, 0.4) is 0 Å². The summed E-state index contributed by atoms with van der Waals surface area (Å²) in [5, 5.41) is 17.8. The van der Waals surface area contributed by atoms with E-state index in [0.29, 0.717) is 17.9 Å². The number of nitrogens with one attached hydrogen (secondary N) is 4. The first-order valence-corrected chi connectivity index (χ1v) is 12.6. The summed E-state index contributed by atoms with van der Waals surface area (Å²) in [6.07, 6.45) is 5.04. The molecule has 2 amide bonds. The van der Waals surface area contributed by atoms with Crippen molar-refractivity contribution in [2.45, 2.75) is 45.4 Å². The molecule has 2 radical (unpaired) electrons. The monoisotopic (exact) mass is 476 g/mol. The Labute approximate surface area is 209 Å². The van der Waals surface area contributed by atoms with Crippen molar-refractivity contribution in [3.63, 3.8) is 0 Å². The number of fused-ring (bicyclic) bond motifs is 1. The average Bonchev–Trinajstić information content (AvgIpc) is 3.42. The fourth-order valence-electron chi connectivity index (χ4n) is 5.06. The number of ether oxygens (including phenoxy) is 1. The molecule has 4 unspecified atom stereocenters. The molecule has 2 aliphatic rings. The quantitative estimate of drug-likeness (QED) is 0.330. The molecular formula is C26H37BN6O2. The van der Waals surface area contributed by atoms with Crippen LogP contribution >= 0.6 is 0 Å². The molecule has 0 bridgehead atoms. The van der Waals surface area contributed by atoms with Crippen molar-refractivity contribution in [2.75, 3.05) is 43.9 Å². The minimum Gasteiger partial charge on any atom is -0.370 e. The predicted octanol–water partition coefficient (Wildman–Crippen LogP) is 3.17. The van der Waals surface area contributed by atoms with E-state index < -0.39 is 0 Å². The maximum absolute atomic E-state index is 12.1. The Morgan fingerprint density at radius 1 is 1.31 bits per heavy atom. The molecule has 3 heterocycles. The van der Waals surface area contributed by atoms with Gasteiger partial charge >= 0.3 is 6.03 Å². The summed E-state index contributed by atoms with van der Waals surface area (Å²) in [6.45, 7) is 7.51. The predicted molar refractivity (Wildman–Crippen MR) is 142 cm³/mol. The largest absolute Gasteiger partial charge is 0.370 e. The molecule has 4 rings (SSSR count). The van der Waals surface area contributed by atoms with Crippen LogP contribution in [-0.2, 0) is 4.74 Å². The van der Waals surface area contributed by atoms with Crippen molar-refractivity contribution in [3.05, 3.63) is 42.1 Å². The molecule has 1 fully saturated rings. The van der Waals surface area contributed by atoms with Gasteiger partial charge in [-0.25, -0.2) is 4.79 Å². The Morgan fingerprint density at radius 2 is 2.09 bits per heavy atom. The number of nitrogens with zero attached hydrogens (tertiary/aromatic N) is 2. The standard InChI is InChI=1S/C26H37BN6O2/c1-4-18-15-30-24-22(23(18)28)10-13-33(24)25-17(2)14-21(35-25)16-32(3)12-5-11-29-26(34)31-20-8-6-19(27)7-9-20/h6-10,13,17-18,21,25,28,30H,4-5,11-12,14-16H2,1-3H3,(H2,29,31,34). The minimum atomic E-state index is -0.213. The average molecular weight is 476 g/mol. The van der Waals surface area contributed by atoms with Crippen LogP contribution in [0.25, 0.3) is 0 Å². The summed E-state index contributed by atoms with van der Waals surface area (Å²) in [7, 11) is 7.77. The van der Waals surface area contributed by atoms with E-state index in [1.165, 1.54) is 0 Å². The molecule has 4 atom stereocenters. The molecule has 1 saturated heterocycles. The lowest BCUT2D eigenvalue weighted by atomic mass is 9.92. The van der Waals surface area contributed by atoms with E-state index in [9.17, 15) is 4.79 Å². The molecule has 9 heteroatoms. The first-order chi connectivity index (χ1) is 16.9.